The smallest absolute Gasteiger partial charge is 0.341 e. The normalized spacial score (nSPS) is 34.4. The van der Waals surface area contributed by atoms with Crippen molar-refractivity contribution in [2.45, 2.75) is 63.3 Å². The van der Waals surface area contributed by atoms with Crippen LogP contribution in [0.4, 0.5) is 5.00 Å². The number of anilines is 1. The van der Waals surface area contributed by atoms with Gasteiger partial charge in [0.25, 0.3) is 5.91 Å². The van der Waals surface area contributed by atoms with E-state index < -0.39 is 5.54 Å². The Balaban J connectivity index is 1.50. The Morgan fingerprint density at radius 1 is 1.07 bits per heavy atom. The molecule has 0 atom stereocenters. The summed E-state index contributed by atoms with van der Waals surface area (Å²) in [5, 5.41) is 6.67. The molecule has 0 spiro atoms. The molecule has 4 saturated carbocycles. The number of ether oxygens (including phenoxy) is 1. The van der Waals surface area contributed by atoms with Gasteiger partial charge in [-0.1, -0.05) is 0 Å². The Labute approximate surface area is 174 Å². The third kappa shape index (κ3) is 2.84. The number of hydrogen-bond donors (Lipinski definition) is 2. The highest BCUT2D eigenvalue weighted by Gasteiger charge is 2.61. The fourth-order valence-corrected chi connectivity index (χ4v) is 8.15. The first-order valence-corrected chi connectivity index (χ1v) is 11.6. The van der Waals surface area contributed by atoms with Crippen LogP contribution in [0.15, 0.2) is 0 Å². The highest BCUT2D eigenvalue weighted by molar-refractivity contribution is 7.17. The minimum atomic E-state index is -0.854. The number of nitrogens with one attached hydrogen (secondary N) is 2. The van der Waals surface area contributed by atoms with Crippen LogP contribution >= 0.6 is 11.3 Å². The Bertz CT molecular complexity index is 833. The predicted octanol–water partition coefficient (Wildman–Crippen LogP) is 3.29. The van der Waals surface area contributed by atoms with Crippen LogP contribution in [-0.4, -0.2) is 30.9 Å². The molecular formula is C22H28N2O4S. The van der Waals surface area contributed by atoms with Crippen molar-refractivity contribution >= 4 is 34.6 Å². The van der Waals surface area contributed by atoms with E-state index in [-0.39, 0.29) is 23.7 Å². The summed E-state index contributed by atoms with van der Waals surface area (Å²) in [6, 6.07) is 0. The molecule has 0 aromatic carbocycles. The van der Waals surface area contributed by atoms with Crippen LogP contribution in [0.25, 0.3) is 0 Å². The first kappa shape index (κ1) is 19.1. The molecular weight excluding hydrogens is 388 g/mol. The Morgan fingerprint density at radius 3 is 2.34 bits per heavy atom. The lowest BCUT2D eigenvalue weighted by Crippen LogP contribution is -2.70. The number of amides is 2. The second-order valence-corrected chi connectivity index (χ2v) is 10.4. The molecule has 29 heavy (non-hydrogen) atoms. The van der Waals surface area contributed by atoms with Crippen LogP contribution in [0.5, 0.6) is 0 Å². The third-order valence-electron chi connectivity index (χ3n) is 7.89. The monoisotopic (exact) mass is 416 g/mol. The van der Waals surface area contributed by atoms with Crippen molar-refractivity contribution in [1.29, 1.82) is 0 Å². The number of carbonyl (C=O) groups is 3. The fraction of sp³-hybridized carbons (Fsp3) is 0.682. The lowest BCUT2D eigenvalue weighted by molar-refractivity contribution is -0.144. The Hall–Kier alpha value is -1.89. The molecule has 5 aliphatic carbocycles. The number of carbonyl (C=O) groups excluding carboxylic acids is 3. The molecule has 1 heterocycles. The van der Waals surface area contributed by atoms with Crippen LogP contribution in [0, 0.1) is 23.7 Å². The van der Waals surface area contributed by atoms with Crippen LogP contribution in [-0.2, 0) is 27.2 Å². The van der Waals surface area contributed by atoms with Crippen LogP contribution in [0.3, 0.4) is 0 Å². The SMILES string of the molecule is COC(=O)c1c(NC(=O)C2(NC=O)C3CC4CC(C3)CC2C4)sc2c1CCCC2. The van der Waals surface area contributed by atoms with E-state index in [0.29, 0.717) is 28.8 Å². The fourth-order valence-electron chi connectivity index (χ4n) is 6.88. The van der Waals surface area contributed by atoms with Crippen molar-refractivity contribution in [2.24, 2.45) is 23.7 Å². The van der Waals surface area contributed by atoms with Crippen molar-refractivity contribution in [3.8, 4) is 0 Å². The van der Waals surface area contributed by atoms with Crippen molar-refractivity contribution < 1.29 is 19.1 Å². The largest absolute Gasteiger partial charge is 0.465 e. The maximum atomic E-state index is 13.7. The van der Waals surface area contributed by atoms with E-state index >= 15 is 0 Å². The van der Waals surface area contributed by atoms with E-state index in [0.717, 1.165) is 56.9 Å². The molecule has 7 heteroatoms. The molecule has 6 nitrogen and oxygen atoms in total. The van der Waals surface area contributed by atoms with Gasteiger partial charge in [0, 0.05) is 4.88 Å². The minimum Gasteiger partial charge on any atom is -0.465 e. The number of esters is 1. The van der Waals surface area contributed by atoms with E-state index in [4.69, 9.17) is 4.74 Å². The van der Waals surface area contributed by atoms with Crippen molar-refractivity contribution in [2.75, 3.05) is 12.4 Å². The molecule has 0 unspecified atom stereocenters. The van der Waals surface area contributed by atoms with E-state index in [9.17, 15) is 14.4 Å². The zero-order valence-electron chi connectivity index (χ0n) is 16.8. The Morgan fingerprint density at radius 2 is 1.72 bits per heavy atom. The summed E-state index contributed by atoms with van der Waals surface area (Å²) in [4.78, 5) is 39.0. The molecule has 6 rings (SSSR count). The molecule has 156 valence electrons. The number of rotatable bonds is 5. The number of methoxy groups -OCH3 is 1. The molecule has 2 amide bonds. The van der Waals surface area contributed by atoms with Gasteiger partial charge in [0.1, 0.15) is 10.5 Å². The molecule has 0 radical (unpaired) electrons. The van der Waals surface area contributed by atoms with Crippen molar-refractivity contribution in [3.05, 3.63) is 16.0 Å². The standard InChI is InChI=1S/C22H28N2O4S/c1-28-20(26)18-16-4-2-3-5-17(16)29-19(18)24-21(27)22(23-11-25)14-7-12-6-13(9-14)10-15(22)8-12/h11-15H,2-10H2,1H3,(H,23,25)(H,24,27). The molecule has 5 aliphatic rings. The highest BCUT2D eigenvalue weighted by Crippen LogP contribution is 2.58. The summed E-state index contributed by atoms with van der Waals surface area (Å²) in [6.07, 6.45) is 9.93. The Kier molecular flexibility index (Phi) is 4.68. The molecule has 4 fully saturated rings. The van der Waals surface area contributed by atoms with Gasteiger partial charge in [-0.15, -0.1) is 11.3 Å². The quantitative estimate of drug-likeness (QED) is 0.570. The van der Waals surface area contributed by atoms with Gasteiger partial charge in [-0.25, -0.2) is 4.79 Å². The summed E-state index contributed by atoms with van der Waals surface area (Å²) in [5.74, 6) is 1.20. The van der Waals surface area contributed by atoms with Gasteiger partial charge in [-0.3, -0.25) is 9.59 Å². The average Bonchev–Trinajstić information content (AvgIpc) is 3.07. The van der Waals surface area contributed by atoms with Crippen LogP contribution < -0.4 is 10.6 Å². The molecule has 1 aromatic rings. The average molecular weight is 417 g/mol. The van der Waals surface area contributed by atoms with E-state index in [1.54, 1.807) is 0 Å². The van der Waals surface area contributed by atoms with Gasteiger partial charge < -0.3 is 15.4 Å². The maximum Gasteiger partial charge on any atom is 0.341 e. The molecule has 0 saturated heterocycles. The van der Waals surface area contributed by atoms with Crippen molar-refractivity contribution in [3.63, 3.8) is 0 Å². The van der Waals surface area contributed by atoms with Crippen molar-refractivity contribution in [1.82, 2.24) is 5.32 Å². The number of aryl methyl sites for hydroxylation is 1. The predicted molar refractivity (Wildman–Crippen MR) is 110 cm³/mol. The summed E-state index contributed by atoms with van der Waals surface area (Å²) in [6.45, 7) is 0. The summed E-state index contributed by atoms with van der Waals surface area (Å²) in [5.41, 5.74) is 0.698. The van der Waals surface area contributed by atoms with E-state index in [1.807, 2.05) is 0 Å². The first-order valence-electron chi connectivity index (χ1n) is 10.8. The third-order valence-corrected chi connectivity index (χ3v) is 9.09. The summed E-state index contributed by atoms with van der Waals surface area (Å²) < 4.78 is 5.04. The lowest BCUT2D eigenvalue weighted by atomic mass is 9.48. The number of fused-ring (bicyclic) bond motifs is 1. The number of hydrogen-bond acceptors (Lipinski definition) is 5. The van der Waals surface area contributed by atoms with E-state index in [1.165, 1.54) is 29.7 Å². The topological polar surface area (TPSA) is 84.5 Å². The lowest BCUT2D eigenvalue weighted by Gasteiger charge is -2.59. The van der Waals surface area contributed by atoms with Gasteiger partial charge >= 0.3 is 5.97 Å². The summed E-state index contributed by atoms with van der Waals surface area (Å²) in [7, 11) is 1.38. The van der Waals surface area contributed by atoms with E-state index in [2.05, 4.69) is 10.6 Å². The molecule has 2 N–H and O–H groups in total. The zero-order valence-corrected chi connectivity index (χ0v) is 17.6. The van der Waals surface area contributed by atoms with Gasteiger partial charge in [0.05, 0.1) is 12.7 Å². The molecule has 1 aromatic heterocycles. The minimum absolute atomic E-state index is 0.151. The summed E-state index contributed by atoms with van der Waals surface area (Å²) >= 11 is 1.50. The zero-order chi connectivity index (χ0) is 20.2. The van der Waals surface area contributed by atoms with Crippen LogP contribution in [0.1, 0.15) is 65.7 Å². The second kappa shape index (κ2) is 7.11. The molecule has 4 bridgehead atoms. The van der Waals surface area contributed by atoms with Gasteiger partial charge in [-0.2, -0.15) is 0 Å². The maximum absolute atomic E-state index is 13.7. The number of thiophene rings is 1. The molecule has 0 aliphatic heterocycles. The van der Waals surface area contributed by atoms with Gasteiger partial charge in [0.15, 0.2) is 0 Å². The second-order valence-electron chi connectivity index (χ2n) is 9.30. The van der Waals surface area contributed by atoms with Gasteiger partial charge in [0.2, 0.25) is 6.41 Å². The van der Waals surface area contributed by atoms with Gasteiger partial charge in [-0.05, 0) is 87.0 Å². The first-order chi connectivity index (χ1) is 14.1. The van der Waals surface area contributed by atoms with Crippen LogP contribution in [0.2, 0.25) is 0 Å². The highest BCUT2D eigenvalue weighted by atomic mass is 32.1.